The number of nitrogens with one attached hydrogen (secondary N) is 1. The number of halogens is 2. The molecule has 16 heavy (non-hydrogen) atoms. The normalized spacial score (nSPS) is 13.4. The lowest BCUT2D eigenvalue weighted by atomic mass is 10.4. The molecular weight excluding hydrogens is 316 g/mol. The van der Waals surface area contributed by atoms with E-state index >= 15 is 0 Å². The van der Waals surface area contributed by atoms with Gasteiger partial charge in [-0.3, -0.25) is 0 Å². The van der Waals surface area contributed by atoms with Crippen LogP contribution in [0.2, 0.25) is 5.15 Å². The van der Waals surface area contributed by atoms with Crippen LogP contribution in [0.3, 0.4) is 0 Å². The number of sulfonamides is 1. The Hall–Kier alpha value is -0.430. The second-order valence-electron chi connectivity index (χ2n) is 3.09. The molecule has 0 spiro atoms. The molecule has 0 saturated heterocycles. The zero-order valence-electron chi connectivity index (χ0n) is 8.44. The summed E-state index contributed by atoms with van der Waals surface area (Å²) in [5, 5.41) is -0.0630. The molecule has 0 aliphatic carbocycles. The molecular formula is C9H10BrClN2O2S. The van der Waals surface area contributed by atoms with Gasteiger partial charge in [-0.2, -0.15) is 0 Å². The third kappa shape index (κ3) is 3.28. The van der Waals surface area contributed by atoms with Crippen molar-refractivity contribution in [2.24, 2.45) is 0 Å². The fourth-order valence-corrected chi connectivity index (χ4v) is 3.11. The van der Waals surface area contributed by atoms with Gasteiger partial charge in [-0.15, -0.1) is 6.58 Å². The molecule has 1 atom stereocenters. The molecule has 7 heteroatoms. The van der Waals surface area contributed by atoms with Crippen molar-refractivity contribution in [1.29, 1.82) is 0 Å². The van der Waals surface area contributed by atoms with E-state index in [1.165, 1.54) is 18.3 Å². The zero-order valence-corrected chi connectivity index (χ0v) is 11.6. The van der Waals surface area contributed by atoms with Crippen LogP contribution in [0.4, 0.5) is 0 Å². The lowest BCUT2D eigenvalue weighted by Gasteiger charge is -2.11. The molecule has 0 aliphatic heterocycles. The third-order valence-electron chi connectivity index (χ3n) is 1.76. The van der Waals surface area contributed by atoms with Crippen LogP contribution in [0.25, 0.3) is 0 Å². The number of aromatic nitrogens is 1. The Morgan fingerprint density at radius 2 is 2.31 bits per heavy atom. The van der Waals surface area contributed by atoms with Crippen LogP contribution in [-0.2, 0) is 10.0 Å². The highest BCUT2D eigenvalue weighted by molar-refractivity contribution is 9.10. The van der Waals surface area contributed by atoms with Crippen LogP contribution in [0.15, 0.2) is 34.3 Å². The van der Waals surface area contributed by atoms with Crippen molar-refractivity contribution in [3.05, 3.63) is 34.5 Å². The van der Waals surface area contributed by atoms with Crippen molar-refractivity contribution in [3.8, 4) is 0 Å². The van der Waals surface area contributed by atoms with E-state index in [9.17, 15) is 8.42 Å². The van der Waals surface area contributed by atoms with E-state index in [-0.39, 0.29) is 16.1 Å². The first-order valence-corrected chi connectivity index (χ1v) is 6.98. The Balaban J connectivity index is 3.16. The van der Waals surface area contributed by atoms with Crippen LogP contribution in [0, 0.1) is 0 Å². The largest absolute Gasteiger partial charge is 0.244 e. The van der Waals surface area contributed by atoms with Gasteiger partial charge in [0.05, 0.1) is 0 Å². The highest BCUT2D eigenvalue weighted by Gasteiger charge is 2.20. The zero-order chi connectivity index (χ0) is 12.3. The summed E-state index contributed by atoms with van der Waals surface area (Å²) in [6.07, 6.45) is 2.91. The summed E-state index contributed by atoms with van der Waals surface area (Å²) in [7, 11) is -3.67. The maximum atomic E-state index is 11.9. The molecule has 0 bridgehead atoms. The summed E-state index contributed by atoms with van der Waals surface area (Å²) in [5.74, 6) is 0. The van der Waals surface area contributed by atoms with Gasteiger partial charge in [0, 0.05) is 16.7 Å². The Kier molecular flexibility index (Phi) is 4.49. The Morgan fingerprint density at radius 1 is 1.69 bits per heavy atom. The van der Waals surface area contributed by atoms with E-state index < -0.39 is 10.0 Å². The summed E-state index contributed by atoms with van der Waals surface area (Å²) in [5.41, 5.74) is 0. The van der Waals surface area contributed by atoms with Gasteiger partial charge < -0.3 is 0 Å². The summed E-state index contributed by atoms with van der Waals surface area (Å²) in [6, 6.07) is 1.02. The number of hydrogen-bond donors (Lipinski definition) is 1. The van der Waals surface area contributed by atoms with E-state index in [1.807, 2.05) is 0 Å². The standard InChI is InChI=1S/C9H10BrClN2O2S/c1-3-6(2)13-16(14,15)8-4-7(10)5-12-9(8)11/h3-6,13H,1H2,2H3. The number of rotatable bonds is 4. The monoisotopic (exact) mass is 324 g/mol. The first-order valence-electron chi connectivity index (χ1n) is 4.32. The molecule has 1 N–H and O–H groups in total. The molecule has 4 nitrogen and oxygen atoms in total. The van der Waals surface area contributed by atoms with E-state index in [2.05, 4.69) is 32.2 Å². The Bertz CT molecular complexity index is 504. The van der Waals surface area contributed by atoms with E-state index in [1.54, 1.807) is 6.92 Å². The summed E-state index contributed by atoms with van der Waals surface area (Å²) in [4.78, 5) is 3.69. The third-order valence-corrected chi connectivity index (χ3v) is 4.18. The minimum Gasteiger partial charge on any atom is -0.242 e. The Labute approximate surface area is 108 Å². The highest BCUT2D eigenvalue weighted by atomic mass is 79.9. The van der Waals surface area contributed by atoms with E-state index in [0.717, 1.165) is 0 Å². The molecule has 0 aliphatic rings. The lowest BCUT2D eigenvalue weighted by Crippen LogP contribution is -2.31. The number of pyridine rings is 1. The number of hydrogen-bond acceptors (Lipinski definition) is 3. The summed E-state index contributed by atoms with van der Waals surface area (Å²) >= 11 is 8.87. The highest BCUT2D eigenvalue weighted by Crippen LogP contribution is 2.22. The van der Waals surface area contributed by atoms with Gasteiger partial charge in [0.15, 0.2) is 0 Å². The van der Waals surface area contributed by atoms with Gasteiger partial charge in [0.1, 0.15) is 10.0 Å². The quantitative estimate of drug-likeness (QED) is 0.683. The first kappa shape index (κ1) is 13.6. The predicted molar refractivity (Wildman–Crippen MR) is 66.9 cm³/mol. The minimum absolute atomic E-state index is 0.0581. The average molecular weight is 326 g/mol. The summed E-state index contributed by atoms with van der Waals surface area (Å²) < 4.78 is 26.7. The molecule has 0 aromatic carbocycles. The van der Waals surface area contributed by atoms with Gasteiger partial charge in [0.2, 0.25) is 10.0 Å². The van der Waals surface area contributed by atoms with Crippen LogP contribution >= 0.6 is 27.5 Å². The predicted octanol–water partition coefficient (Wildman–Crippen LogP) is 2.35. The Morgan fingerprint density at radius 3 is 2.88 bits per heavy atom. The second-order valence-corrected chi connectivity index (χ2v) is 6.04. The van der Waals surface area contributed by atoms with Crippen LogP contribution in [0.1, 0.15) is 6.92 Å². The molecule has 0 fully saturated rings. The molecule has 88 valence electrons. The van der Waals surface area contributed by atoms with Crippen LogP contribution in [0.5, 0.6) is 0 Å². The van der Waals surface area contributed by atoms with Crippen molar-refractivity contribution < 1.29 is 8.42 Å². The van der Waals surface area contributed by atoms with Crippen molar-refractivity contribution >= 4 is 37.6 Å². The maximum Gasteiger partial charge on any atom is 0.244 e. The van der Waals surface area contributed by atoms with E-state index in [0.29, 0.717) is 4.47 Å². The van der Waals surface area contributed by atoms with Gasteiger partial charge in [-0.25, -0.2) is 18.1 Å². The van der Waals surface area contributed by atoms with Crippen molar-refractivity contribution in [2.75, 3.05) is 0 Å². The SMILES string of the molecule is C=CC(C)NS(=O)(=O)c1cc(Br)cnc1Cl. The molecule has 1 aromatic rings. The minimum atomic E-state index is -3.67. The second kappa shape index (κ2) is 5.27. The molecule has 1 aromatic heterocycles. The van der Waals surface area contributed by atoms with Gasteiger partial charge in [-0.05, 0) is 28.9 Å². The molecule has 0 amide bonds. The smallest absolute Gasteiger partial charge is 0.242 e. The van der Waals surface area contributed by atoms with Gasteiger partial charge in [0.25, 0.3) is 0 Å². The molecule has 0 radical (unpaired) electrons. The topological polar surface area (TPSA) is 59.1 Å². The molecule has 1 heterocycles. The van der Waals surface area contributed by atoms with Gasteiger partial charge >= 0.3 is 0 Å². The van der Waals surface area contributed by atoms with Crippen molar-refractivity contribution in [1.82, 2.24) is 9.71 Å². The van der Waals surface area contributed by atoms with Crippen LogP contribution < -0.4 is 4.72 Å². The number of nitrogens with zero attached hydrogens (tertiary/aromatic N) is 1. The molecule has 1 rings (SSSR count). The van der Waals surface area contributed by atoms with Crippen LogP contribution in [-0.4, -0.2) is 19.4 Å². The maximum absolute atomic E-state index is 11.9. The van der Waals surface area contributed by atoms with E-state index in [4.69, 9.17) is 11.6 Å². The summed E-state index contributed by atoms with van der Waals surface area (Å²) in [6.45, 7) is 5.16. The van der Waals surface area contributed by atoms with Crippen molar-refractivity contribution in [2.45, 2.75) is 17.9 Å². The fraction of sp³-hybridized carbons (Fsp3) is 0.222. The first-order chi connectivity index (χ1) is 7.36. The average Bonchev–Trinajstić information content (AvgIpc) is 2.20. The van der Waals surface area contributed by atoms with Crippen molar-refractivity contribution in [3.63, 3.8) is 0 Å². The molecule has 1 unspecified atom stereocenters. The fourth-order valence-electron chi connectivity index (χ4n) is 0.949. The molecule has 0 saturated carbocycles. The van der Waals surface area contributed by atoms with Gasteiger partial charge in [-0.1, -0.05) is 17.7 Å². The lowest BCUT2D eigenvalue weighted by molar-refractivity contribution is 0.576.